The van der Waals surface area contributed by atoms with Gasteiger partial charge in [-0.2, -0.15) is 0 Å². The minimum atomic E-state index is -3.49. The summed E-state index contributed by atoms with van der Waals surface area (Å²) in [7, 11) is -1.92. The molecule has 0 saturated carbocycles. The fourth-order valence-corrected chi connectivity index (χ4v) is 5.39. The van der Waals surface area contributed by atoms with Crippen LogP contribution in [0, 0.1) is 0 Å². The van der Waals surface area contributed by atoms with Gasteiger partial charge in [-0.25, -0.2) is 13.1 Å². The molecule has 0 aliphatic carbocycles. The summed E-state index contributed by atoms with van der Waals surface area (Å²) in [6, 6.07) is 10.1. The van der Waals surface area contributed by atoms with Crippen LogP contribution in [-0.4, -0.2) is 51.3 Å². The number of carbonyl (C=O) groups excluding carboxylic acids is 2. The van der Waals surface area contributed by atoms with Crippen LogP contribution in [0.3, 0.4) is 0 Å². The standard InChI is InChI=1S/C20H23N3O4S2/c1-21-20(25)16-7-4-15(5-8-16)6-9-18(24)23-12-10-17(11-13-23)22-29(26,27)19-3-2-14-28-19/h2-9,14,17,22H,10-13H2,1H3,(H,21,25)/b9-6+. The van der Waals surface area contributed by atoms with Gasteiger partial charge < -0.3 is 10.2 Å². The predicted octanol–water partition coefficient (Wildman–Crippen LogP) is 2.09. The summed E-state index contributed by atoms with van der Waals surface area (Å²) in [6.07, 6.45) is 4.36. The lowest BCUT2D eigenvalue weighted by Crippen LogP contribution is -2.46. The van der Waals surface area contributed by atoms with Crippen LogP contribution >= 0.6 is 11.3 Å². The number of benzene rings is 1. The Kier molecular flexibility index (Phi) is 6.83. The van der Waals surface area contributed by atoms with Gasteiger partial charge >= 0.3 is 0 Å². The number of amides is 2. The summed E-state index contributed by atoms with van der Waals surface area (Å²) in [5.41, 5.74) is 1.38. The number of thiophene rings is 1. The number of piperidine rings is 1. The van der Waals surface area contributed by atoms with Crippen molar-refractivity contribution in [2.75, 3.05) is 20.1 Å². The first-order valence-electron chi connectivity index (χ1n) is 9.24. The molecule has 29 heavy (non-hydrogen) atoms. The molecule has 2 amide bonds. The van der Waals surface area contributed by atoms with Gasteiger partial charge in [0.15, 0.2) is 0 Å². The van der Waals surface area contributed by atoms with Gasteiger partial charge in [0.25, 0.3) is 5.91 Å². The van der Waals surface area contributed by atoms with Crippen molar-refractivity contribution in [1.29, 1.82) is 0 Å². The van der Waals surface area contributed by atoms with Crippen LogP contribution in [0.4, 0.5) is 0 Å². The summed E-state index contributed by atoms with van der Waals surface area (Å²) >= 11 is 1.19. The molecular weight excluding hydrogens is 410 g/mol. The van der Waals surface area contributed by atoms with E-state index in [2.05, 4.69) is 10.0 Å². The average Bonchev–Trinajstić information content (AvgIpc) is 3.28. The van der Waals surface area contributed by atoms with Crippen molar-refractivity contribution in [3.63, 3.8) is 0 Å². The molecule has 1 aromatic heterocycles. The van der Waals surface area contributed by atoms with Gasteiger partial charge in [-0.1, -0.05) is 18.2 Å². The summed E-state index contributed by atoms with van der Waals surface area (Å²) in [6.45, 7) is 0.993. The lowest BCUT2D eigenvalue weighted by atomic mass is 10.1. The summed E-state index contributed by atoms with van der Waals surface area (Å²) in [5.74, 6) is -0.269. The van der Waals surface area contributed by atoms with E-state index < -0.39 is 10.0 Å². The first-order valence-corrected chi connectivity index (χ1v) is 11.6. The Hall–Kier alpha value is -2.49. The second kappa shape index (κ2) is 9.34. The van der Waals surface area contributed by atoms with Crippen LogP contribution in [0.2, 0.25) is 0 Å². The van der Waals surface area contributed by atoms with E-state index in [1.807, 2.05) is 0 Å². The van der Waals surface area contributed by atoms with E-state index >= 15 is 0 Å². The van der Waals surface area contributed by atoms with Gasteiger partial charge in [0.2, 0.25) is 15.9 Å². The van der Waals surface area contributed by atoms with E-state index in [0.717, 1.165) is 5.56 Å². The summed E-state index contributed by atoms with van der Waals surface area (Å²) in [5, 5.41) is 4.29. The number of sulfonamides is 1. The molecule has 7 nitrogen and oxygen atoms in total. The van der Waals surface area contributed by atoms with E-state index in [1.165, 1.54) is 17.4 Å². The third-order valence-corrected chi connectivity index (χ3v) is 7.62. The molecule has 154 valence electrons. The molecule has 2 heterocycles. The predicted molar refractivity (Wildman–Crippen MR) is 113 cm³/mol. The number of likely N-dealkylation sites (tertiary alicyclic amines) is 1. The highest BCUT2D eigenvalue weighted by molar-refractivity contribution is 7.91. The largest absolute Gasteiger partial charge is 0.355 e. The molecule has 0 radical (unpaired) electrons. The highest BCUT2D eigenvalue weighted by Crippen LogP contribution is 2.19. The van der Waals surface area contributed by atoms with Gasteiger partial charge in [-0.15, -0.1) is 11.3 Å². The maximum atomic E-state index is 12.4. The lowest BCUT2D eigenvalue weighted by molar-refractivity contribution is -0.126. The van der Waals surface area contributed by atoms with Crippen LogP contribution in [0.5, 0.6) is 0 Å². The summed E-state index contributed by atoms with van der Waals surface area (Å²) < 4.78 is 27.6. The SMILES string of the molecule is CNC(=O)c1ccc(/C=C/C(=O)N2CCC(NS(=O)(=O)c3cccs3)CC2)cc1. The van der Waals surface area contributed by atoms with Crippen molar-refractivity contribution in [2.45, 2.75) is 23.1 Å². The Balaban J connectivity index is 1.51. The molecule has 0 spiro atoms. The second-order valence-electron chi connectivity index (χ2n) is 6.69. The van der Waals surface area contributed by atoms with Gasteiger partial charge in [-0.05, 0) is 48.1 Å². The first-order chi connectivity index (χ1) is 13.9. The Morgan fingerprint density at radius 1 is 1.14 bits per heavy atom. The van der Waals surface area contributed by atoms with Crippen molar-refractivity contribution >= 4 is 39.3 Å². The topological polar surface area (TPSA) is 95.6 Å². The molecule has 1 aliphatic heterocycles. The van der Waals surface area contributed by atoms with Crippen LogP contribution < -0.4 is 10.0 Å². The molecule has 1 fully saturated rings. The second-order valence-corrected chi connectivity index (χ2v) is 9.58. The quantitative estimate of drug-likeness (QED) is 0.682. The van der Waals surface area contributed by atoms with Crippen molar-refractivity contribution < 1.29 is 18.0 Å². The van der Waals surface area contributed by atoms with Crippen molar-refractivity contribution in [1.82, 2.24) is 14.9 Å². The van der Waals surface area contributed by atoms with E-state index in [1.54, 1.807) is 59.8 Å². The van der Waals surface area contributed by atoms with Crippen LogP contribution in [0.15, 0.2) is 52.1 Å². The third-order valence-electron chi connectivity index (χ3n) is 4.71. The molecule has 2 aromatic rings. The van der Waals surface area contributed by atoms with Crippen LogP contribution in [0.1, 0.15) is 28.8 Å². The molecule has 2 N–H and O–H groups in total. The first kappa shape index (κ1) is 21.2. The number of nitrogens with one attached hydrogen (secondary N) is 2. The van der Waals surface area contributed by atoms with Crippen molar-refractivity contribution in [2.24, 2.45) is 0 Å². The molecule has 3 rings (SSSR count). The van der Waals surface area contributed by atoms with E-state index in [-0.39, 0.29) is 17.9 Å². The Labute approximate surface area is 174 Å². The van der Waals surface area contributed by atoms with Gasteiger partial charge in [-0.3, -0.25) is 9.59 Å². The Morgan fingerprint density at radius 2 is 1.83 bits per heavy atom. The molecule has 0 atom stereocenters. The molecule has 1 aliphatic rings. The number of hydrogen-bond donors (Lipinski definition) is 2. The zero-order chi connectivity index (χ0) is 20.9. The number of carbonyl (C=O) groups is 2. The molecule has 1 saturated heterocycles. The van der Waals surface area contributed by atoms with E-state index in [9.17, 15) is 18.0 Å². The molecule has 0 bridgehead atoms. The Bertz CT molecular complexity index is 975. The summed E-state index contributed by atoms with van der Waals surface area (Å²) in [4.78, 5) is 25.7. The molecule has 1 aromatic carbocycles. The highest BCUT2D eigenvalue weighted by Gasteiger charge is 2.26. The van der Waals surface area contributed by atoms with Crippen molar-refractivity contribution in [3.05, 3.63) is 59.0 Å². The van der Waals surface area contributed by atoms with Gasteiger partial charge in [0, 0.05) is 37.8 Å². The lowest BCUT2D eigenvalue weighted by Gasteiger charge is -2.31. The maximum absolute atomic E-state index is 12.4. The zero-order valence-electron chi connectivity index (χ0n) is 16.0. The Morgan fingerprint density at radius 3 is 2.41 bits per heavy atom. The van der Waals surface area contributed by atoms with Crippen LogP contribution in [0.25, 0.3) is 6.08 Å². The minimum Gasteiger partial charge on any atom is -0.355 e. The van der Waals surface area contributed by atoms with Gasteiger partial charge in [0.1, 0.15) is 4.21 Å². The average molecular weight is 434 g/mol. The van der Waals surface area contributed by atoms with Crippen molar-refractivity contribution in [3.8, 4) is 0 Å². The van der Waals surface area contributed by atoms with E-state index in [0.29, 0.717) is 35.7 Å². The van der Waals surface area contributed by atoms with E-state index in [4.69, 9.17) is 0 Å². The third kappa shape index (κ3) is 5.53. The van der Waals surface area contributed by atoms with Crippen LogP contribution in [-0.2, 0) is 14.8 Å². The number of nitrogens with zero attached hydrogens (tertiary/aromatic N) is 1. The van der Waals surface area contributed by atoms with Gasteiger partial charge in [0.05, 0.1) is 0 Å². The highest BCUT2D eigenvalue weighted by atomic mass is 32.2. The number of hydrogen-bond acceptors (Lipinski definition) is 5. The molecular formula is C20H23N3O4S2. The maximum Gasteiger partial charge on any atom is 0.251 e. The fraction of sp³-hybridized carbons (Fsp3) is 0.300. The molecule has 9 heteroatoms. The smallest absolute Gasteiger partial charge is 0.251 e. The number of rotatable bonds is 6. The minimum absolute atomic E-state index is 0.111. The normalized spacial score (nSPS) is 15.6. The fourth-order valence-electron chi connectivity index (χ4n) is 3.07. The monoisotopic (exact) mass is 433 g/mol. The zero-order valence-corrected chi connectivity index (χ0v) is 17.6. The molecule has 0 unspecified atom stereocenters.